The summed E-state index contributed by atoms with van der Waals surface area (Å²) in [4.78, 5) is 16.5. The lowest BCUT2D eigenvalue weighted by molar-refractivity contribution is 0.0989. The van der Waals surface area contributed by atoms with E-state index in [1.54, 1.807) is 6.20 Å². The molecule has 3 rings (SSSR count). The van der Waals surface area contributed by atoms with Gasteiger partial charge in [0.2, 0.25) is 0 Å². The van der Waals surface area contributed by atoms with Crippen LogP contribution in [0.4, 0.5) is 0 Å². The number of ether oxygens (including phenoxy) is 1. The predicted octanol–water partition coefficient (Wildman–Crippen LogP) is 2.26. The van der Waals surface area contributed by atoms with Crippen LogP contribution in [0.25, 0.3) is 0 Å². The summed E-state index contributed by atoms with van der Waals surface area (Å²) < 4.78 is 7.44. The molecule has 1 aromatic carbocycles. The molecular weight excluding hydrogens is 240 g/mol. The fourth-order valence-electron chi connectivity index (χ4n) is 2.40. The number of ketones is 1. The first-order chi connectivity index (χ1) is 9.28. The second-order valence-electron chi connectivity index (χ2n) is 4.65. The maximum atomic E-state index is 12.3. The predicted molar refractivity (Wildman–Crippen MR) is 71.6 cm³/mol. The maximum absolute atomic E-state index is 12.3. The Morgan fingerprint density at radius 1 is 1.47 bits per heavy atom. The van der Waals surface area contributed by atoms with Gasteiger partial charge in [0.15, 0.2) is 5.78 Å². The second-order valence-corrected chi connectivity index (χ2v) is 4.65. The molecule has 0 atom stereocenters. The molecule has 4 heteroatoms. The minimum absolute atomic E-state index is 0.107. The first kappa shape index (κ1) is 12.0. The number of benzene rings is 1. The molecule has 19 heavy (non-hydrogen) atoms. The number of aryl methyl sites for hydroxylation is 1. The van der Waals surface area contributed by atoms with E-state index in [1.165, 1.54) is 0 Å². The van der Waals surface area contributed by atoms with Crippen LogP contribution in [0.1, 0.15) is 28.7 Å². The lowest BCUT2D eigenvalue weighted by Gasteiger charge is -2.05. The van der Waals surface area contributed by atoms with Crippen LogP contribution in [0.15, 0.2) is 30.6 Å². The standard InChI is InChI=1S/C15H16N2O2/c1-2-17-7-6-16-15(17)10-13(18)11-3-4-14-12(9-11)5-8-19-14/h3-4,6-7,9H,2,5,8,10H2,1H3. The third-order valence-corrected chi connectivity index (χ3v) is 3.47. The van der Waals surface area contributed by atoms with Crippen LogP contribution in [0.3, 0.4) is 0 Å². The molecule has 0 unspecified atom stereocenters. The number of rotatable bonds is 4. The first-order valence-corrected chi connectivity index (χ1v) is 6.57. The molecule has 98 valence electrons. The lowest BCUT2D eigenvalue weighted by atomic mass is 10.0. The van der Waals surface area contributed by atoms with Gasteiger partial charge < -0.3 is 9.30 Å². The van der Waals surface area contributed by atoms with Gasteiger partial charge in [0.25, 0.3) is 0 Å². The molecule has 0 bridgehead atoms. The highest BCUT2D eigenvalue weighted by Crippen LogP contribution is 2.26. The molecule has 0 amide bonds. The lowest BCUT2D eigenvalue weighted by Crippen LogP contribution is -2.09. The van der Waals surface area contributed by atoms with E-state index >= 15 is 0 Å². The molecule has 0 saturated carbocycles. The summed E-state index contributed by atoms with van der Waals surface area (Å²) in [5.74, 6) is 1.84. The van der Waals surface area contributed by atoms with E-state index in [0.717, 1.165) is 35.7 Å². The molecule has 0 radical (unpaired) electrons. The van der Waals surface area contributed by atoms with E-state index < -0.39 is 0 Å². The smallest absolute Gasteiger partial charge is 0.170 e. The average Bonchev–Trinajstić information content (AvgIpc) is 3.05. The van der Waals surface area contributed by atoms with Gasteiger partial charge in [0.05, 0.1) is 13.0 Å². The fraction of sp³-hybridized carbons (Fsp3) is 0.333. The van der Waals surface area contributed by atoms with E-state index in [1.807, 2.05) is 35.9 Å². The number of imidazole rings is 1. The maximum Gasteiger partial charge on any atom is 0.170 e. The van der Waals surface area contributed by atoms with Crippen LogP contribution < -0.4 is 4.74 Å². The number of nitrogens with zero attached hydrogens (tertiary/aromatic N) is 2. The van der Waals surface area contributed by atoms with Crippen LogP contribution in [0, 0.1) is 0 Å². The van der Waals surface area contributed by atoms with Crippen molar-refractivity contribution in [2.75, 3.05) is 6.61 Å². The van der Waals surface area contributed by atoms with Gasteiger partial charge in [-0.2, -0.15) is 0 Å². The summed E-state index contributed by atoms with van der Waals surface area (Å²) in [6.07, 6.45) is 4.88. The van der Waals surface area contributed by atoms with Gasteiger partial charge in [-0.25, -0.2) is 4.98 Å². The zero-order valence-corrected chi connectivity index (χ0v) is 10.9. The first-order valence-electron chi connectivity index (χ1n) is 6.57. The number of carbonyl (C=O) groups is 1. The summed E-state index contributed by atoms with van der Waals surface area (Å²) >= 11 is 0. The summed E-state index contributed by atoms with van der Waals surface area (Å²) in [7, 11) is 0. The molecule has 0 spiro atoms. The summed E-state index contributed by atoms with van der Waals surface area (Å²) in [6, 6.07) is 5.68. The molecule has 0 N–H and O–H groups in total. The molecule has 0 aliphatic carbocycles. The Morgan fingerprint density at radius 2 is 2.37 bits per heavy atom. The van der Waals surface area contributed by atoms with Gasteiger partial charge in [-0.1, -0.05) is 0 Å². The molecule has 1 aromatic heterocycles. The zero-order valence-electron chi connectivity index (χ0n) is 10.9. The quantitative estimate of drug-likeness (QED) is 0.788. The highest BCUT2D eigenvalue weighted by atomic mass is 16.5. The molecule has 2 aromatic rings. The van der Waals surface area contributed by atoms with E-state index in [4.69, 9.17) is 4.74 Å². The molecule has 2 heterocycles. The average molecular weight is 256 g/mol. The van der Waals surface area contributed by atoms with Crippen molar-refractivity contribution in [2.45, 2.75) is 26.3 Å². The van der Waals surface area contributed by atoms with Gasteiger partial charge >= 0.3 is 0 Å². The molecule has 0 saturated heterocycles. The molecule has 4 nitrogen and oxygen atoms in total. The molecule has 1 aliphatic heterocycles. The highest BCUT2D eigenvalue weighted by Gasteiger charge is 2.16. The molecular formula is C15H16N2O2. The topological polar surface area (TPSA) is 44.1 Å². The van der Waals surface area contributed by atoms with Crippen molar-refractivity contribution in [2.24, 2.45) is 0 Å². The van der Waals surface area contributed by atoms with Crippen molar-refractivity contribution in [3.8, 4) is 5.75 Å². The van der Waals surface area contributed by atoms with Crippen LogP contribution in [0.2, 0.25) is 0 Å². The molecule has 1 aliphatic rings. The third-order valence-electron chi connectivity index (χ3n) is 3.47. The zero-order chi connectivity index (χ0) is 13.2. The van der Waals surface area contributed by atoms with E-state index in [2.05, 4.69) is 4.98 Å². The Bertz CT molecular complexity index is 616. The monoisotopic (exact) mass is 256 g/mol. The minimum atomic E-state index is 0.107. The normalized spacial score (nSPS) is 13.1. The Labute approximate surface area is 112 Å². The third kappa shape index (κ3) is 2.26. The number of aromatic nitrogens is 2. The number of Topliss-reactive ketones (excluding diaryl/α,β-unsaturated/α-hetero) is 1. The summed E-state index contributed by atoms with van der Waals surface area (Å²) in [6.45, 7) is 3.59. The van der Waals surface area contributed by atoms with Crippen LogP contribution in [0.5, 0.6) is 5.75 Å². The Balaban J connectivity index is 1.81. The van der Waals surface area contributed by atoms with Crippen molar-refractivity contribution in [1.29, 1.82) is 0 Å². The Hall–Kier alpha value is -2.10. The van der Waals surface area contributed by atoms with Crippen LogP contribution in [-0.4, -0.2) is 21.9 Å². The van der Waals surface area contributed by atoms with Crippen molar-refractivity contribution >= 4 is 5.78 Å². The summed E-state index contributed by atoms with van der Waals surface area (Å²) in [5.41, 5.74) is 1.87. The largest absolute Gasteiger partial charge is 0.493 e. The number of hydrogen-bond acceptors (Lipinski definition) is 3. The number of hydrogen-bond donors (Lipinski definition) is 0. The van der Waals surface area contributed by atoms with Gasteiger partial charge in [0.1, 0.15) is 11.6 Å². The van der Waals surface area contributed by atoms with Gasteiger partial charge in [-0.05, 0) is 30.7 Å². The summed E-state index contributed by atoms with van der Waals surface area (Å²) in [5, 5.41) is 0. The second kappa shape index (κ2) is 4.88. The minimum Gasteiger partial charge on any atom is -0.493 e. The van der Waals surface area contributed by atoms with Crippen LogP contribution in [-0.2, 0) is 19.4 Å². The van der Waals surface area contributed by atoms with E-state index in [0.29, 0.717) is 13.0 Å². The Kier molecular flexibility index (Phi) is 3.07. The fourth-order valence-corrected chi connectivity index (χ4v) is 2.40. The van der Waals surface area contributed by atoms with E-state index in [-0.39, 0.29) is 5.78 Å². The van der Waals surface area contributed by atoms with E-state index in [9.17, 15) is 4.79 Å². The van der Waals surface area contributed by atoms with Crippen molar-refractivity contribution in [3.05, 3.63) is 47.5 Å². The van der Waals surface area contributed by atoms with Gasteiger partial charge in [0, 0.05) is 30.9 Å². The highest BCUT2D eigenvalue weighted by molar-refractivity contribution is 5.97. The Morgan fingerprint density at radius 3 is 3.21 bits per heavy atom. The number of fused-ring (bicyclic) bond motifs is 1. The van der Waals surface area contributed by atoms with Crippen molar-refractivity contribution in [3.63, 3.8) is 0 Å². The van der Waals surface area contributed by atoms with Gasteiger partial charge in [-0.3, -0.25) is 4.79 Å². The number of carbonyl (C=O) groups excluding carboxylic acids is 1. The van der Waals surface area contributed by atoms with Crippen LogP contribution >= 0.6 is 0 Å². The van der Waals surface area contributed by atoms with Gasteiger partial charge in [-0.15, -0.1) is 0 Å². The SMILES string of the molecule is CCn1ccnc1CC(=O)c1ccc2c(c1)CCO2. The van der Waals surface area contributed by atoms with Crippen molar-refractivity contribution in [1.82, 2.24) is 9.55 Å². The van der Waals surface area contributed by atoms with Crippen molar-refractivity contribution < 1.29 is 9.53 Å². The molecule has 0 fully saturated rings.